The number of rotatable bonds is 7. The quantitative estimate of drug-likeness (QED) is 0.387. The zero-order valence-electron chi connectivity index (χ0n) is 11.4. The van der Waals surface area contributed by atoms with Gasteiger partial charge in [0.25, 0.3) is 0 Å². The van der Waals surface area contributed by atoms with Gasteiger partial charge in [0.05, 0.1) is 14.2 Å². The maximum atomic E-state index is 11.6. The summed E-state index contributed by atoms with van der Waals surface area (Å²) in [6, 6.07) is 0. The molecular formula is C12H20O6. The van der Waals surface area contributed by atoms with Gasteiger partial charge in [-0.25, -0.2) is 4.79 Å². The van der Waals surface area contributed by atoms with Crippen molar-refractivity contribution in [3.05, 3.63) is 11.1 Å². The first-order chi connectivity index (χ1) is 8.51. The Bertz CT molecular complexity index is 317. The fourth-order valence-corrected chi connectivity index (χ4v) is 1.50. The van der Waals surface area contributed by atoms with E-state index in [9.17, 15) is 9.59 Å². The molecule has 0 radical (unpaired) electrons. The molecule has 0 aromatic rings. The number of hydrogen-bond acceptors (Lipinski definition) is 6. The summed E-state index contributed by atoms with van der Waals surface area (Å²) in [5.41, 5.74) is 0.937. The van der Waals surface area contributed by atoms with E-state index >= 15 is 0 Å². The summed E-state index contributed by atoms with van der Waals surface area (Å²) in [6.07, 6.45) is -0.330. The Morgan fingerprint density at radius 2 is 1.50 bits per heavy atom. The standard InChI is InChI=1S/C12H20O6/c1-8(12(17-4)18-5)9(11(14)16-3)6-7-10(13)15-2/h12H,6-7H2,1-5H3. The van der Waals surface area contributed by atoms with Crippen LogP contribution in [0.4, 0.5) is 0 Å². The van der Waals surface area contributed by atoms with Crippen molar-refractivity contribution in [3.8, 4) is 0 Å². The molecule has 6 heteroatoms. The van der Waals surface area contributed by atoms with Crippen LogP contribution in [0.1, 0.15) is 19.8 Å². The molecule has 0 aliphatic heterocycles. The van der Waals surface area contributed by atoms with Gasteiger partial charge in [0.2, 0.25) is 0 Å². The van der Waals surface area contributed by atoms with Crippen LogP contribution in [-0.4, -0.2) is 46.7 Å². The normalized spacial score (nSPS) is 12.1. The minimum Gasteiger partial charge on any atom is -0.469 e. The van der Waals surface area contributed by atoms with Gasteiger partial charge in [-0.1, -0.05) is 0 Å². The third-order valence-corrected chi connectivity index (χ3v) is 2.50. The molecule has 6 nitrogen and oxygen atoms in total. The van der Waals surface area contributed by atoms with Crippen LogP contribution in [0.15, 0.2) is 11.1 Å². The van der Waals surface area contributed by atoms with Gasteiger partial charge < -0.3 is 18.9 Å². The predicted octanol–water partition coefficient (Wildman–Crippen LogP) is 1.05. The molecule has 0 amide bonds. The molecule has 0 saturated heterocycles. The molecule has 0 aromatic heterocycles. The van der Waals surface area contributed by atoms with Crippen molar-refractivity contribution in [3.63, 3.8) is 0 Å². The van der Waals surface area contributed by atoms with E-state index in [0.717, 1.165) is 0 Å². The van der Waals surface area contributed by atoms with Crippen LogP contribution in [0.3, 0.4) is 0 Å². The zero-order valence-corrected chi connectivity index (χ0v) is 11.4. The van der Waals surface area contributed by atoms with Crippen molar-refractivity contribution in [2.24, 2.45) is 0 Å². The number of esters is 2. The summed E-state index contributed by atoms with van der Waals surface area (Å²) in [7, 11) is 5.51. The summed E-state index contributed by atoms with van der Waals surface area (Å²) < 4.78 is 19.3. The topological polar surface area (TPSA) is 71.1 Å². The molecule has 0 atom stereocenters. The second-order valence-electron chi connectivity index (χ2n) is 3.53. The van der Waals surface area contributed by atoms with Crippen molar-refractivity contribution in [2.45, 2.75) is 26.1 Å². The van der Waals surface area contributed by atoms with E-state index in [1.54, 1.807) is 6.92 Å². The number of hydrogen-bond donors (Lipinski definition) is 0. The van der Waals surface area contributed by atoms with Crippen LogP contribution in [0.2, 0.25) is 0 Å². The van der Waals surface area contributed by atoms with E-state index in [1.165, 1.54) is 28.4 Å². The fraction of sp³-hybridized carbons (Fsp3) is 0.667. The summed E-state index contributed by atoms with van der Waals surface area (Å²) in [6.45, 7) is 1.70. The van der Waals surface area contributed by atoms with Gasteiger partial charge in [-0.15, -0.1) is 0 Å². The first-order valence-electron chi connectivity index (χ1n) is 5.42. The Hall–Kier alpha value is -1.40. The van der Waals surface area contributed by atoms with Gasteiger partial charge in [-0.05, 0) is 18.9 Å². The Balaban J connectivity index is 5.02. The smallest absolute Gasteiger partial charge is 0.333 e. The largest absolute Gasteiger partial charge is 0.469 e. The highest BCUT2D eigenvalue weighted by Crippen LogP contribution is 2.18. The van der Waals surface area contributed by atoms with Crippen LogP contribution in [0.5, 0.6) is 0 Å². The van der Waals surface area contributed by atoms with Crippen LogP contribution >= 0.6 is 0 Å². The van der Waals surface area contributed by atoms with Gasteiger partial charge in [-0.2, -0.15) is 0 Å². The van der Waals surface area contributed by atoms with Crippen molar-refractivity contribution >= 4 is 11.9 Å². The highest BCUT2D eigenvalue weighted by molar-refractivity contribution is 5.90. The predicted molar refractivity (Wildman–Crippen MR) is 63.8 cm³/mol. The summed E-state index contributed by atoms with van der Waals surface area (Å²) in [5, 5.41) is 0. The van der Waals surface area contributed by atoms with E-state index in [-0.39, 0.29) is 12.8 Å². The molecular weight excluding hydrogens is 240 g/mol. The Morgan fingerprint density at radius 1 is 0.944 bits per heavy atom. The molecule has 0 unspecified atom stereocenters. The van der Waals surface area contributed by atoms with E-state index in [1.807, 2.05) is 0 Å². The highest BCUT2D eigenvalue weighted by atomic mass is 16.7. The fourth-order valence-electron chi connectivity index (χ4n) is 1.50. The highest BCUT2D eigenvalue weighted by Gasteiger charge is 2.20. The number of carbonyl (C=O) groups is 2. The lowest BCUT2D eigenvalue weighted by Gasteiger charge is -2.17. The average Bonchev–Trinajstić information content (AvgIpc) is 2.39. The van der Waals surface area contributed by atoms with E-state index in [4.69, 9.17) is 9.47 Å². The van der Waals surface area contributed by atoms with Crippen molar-refractivity contribution < 1.29 is 28.5 Å². The lowest BCUT2D eigenvalue weighted by atomic mass is 10.0. The summed E-state index contributed by atoms with van der Waals surface area (Å²) in [5.74, 6) is -0.897. The molecule has 0 rings (SSSR count). The van der Waals surface area contributed by atoms with Gasteiger partial charge in [-0.3, -0.25) is 4.79 Å². The maximum absolute atomic E-state index is 11.6. The molecule has 0 N–H and O–H groups in total. The van der Waals surface area contributed by atoms with Crippen LogP contribution in [0.25, 0.3) is 0 Å². The maximum Gasteiger partial charge on any atom is 0.333 e. The molecule has 0 spiro atoms. The molecule has 0 fully saturated rings. The van der Waals surface area contributed by atoms with Crippen LogP contribution in [0, 0.1) is 0 Å². The number of ether oxygens (including phenoxy) is 4. The van der Waals surface area contributed by atoms with Gasteiger partial charge in [0, 0.05) is 26.2 Å². The molecule has 104 valence electrons. The number of carbonyl (C=O) groups excluding carboxylic acids is 2. The number of methoxy groups -OCH3 is 4. The molecule has 0 bridgehead atoms. The molecule has 0 aromatic carbocycles. The molecule has 18 heavy (non-hydrogen) atoms. The zero-order chi connectivity index (χ0) is 14.1. The van der Waals surface area contributed by atoms with Crippen LogP contribution in [-0.2, 0) is 28.5 Å². The van der Waals surface area contributed by atoms with Crippen molar-refractivity contribution in [1.82, 2.24) is 0 Å². The molecule has 0 saturated carbocycles. The SMILES string of the molecule is COC(=O)CCC(C(=O)OC)=C(C)C(OC)OC. The first kappa shape index (κ1) is 16.6. The van der Waals surface area contributed by atoms with E-state index < -0.39 is 18.2 Å². The monoisotopic (exact) mass is 260 g/mol. The van der Waals surface area contributed by atoms with E-state index in [2.05, 4.69) is 9.47 Å². The molecule has 0 aliphatic rings. The minimum atomic E-state index is -0.642. The minimum absolute atomic E-state index is 0.0957. The first-order valence-corrected chi connectivity index (χ1v) is 5.42. The second kappa shape index (κ2) is 8.66. The molecule has 0 aliphatic carbocycles. The van der Waals surface area contributed by atoms with Crippen LogP contribution < -0.4 is 0 Å². The Labute approximate surface area is 107 Å². The summed E-state index contributed by atoms with van der Waals surface area (Å²) >= 11 is 0. The van der Waals surface area contributed by atoms with Crippen molar-refractivity contribution in [2.75, 3.05) is 28.4 Å². The lowest BCUT2D eigenvalue weighted by molar-refractivity contribution is -0.140. The molecule has 0 heterocycles. The second-order valence-corrected chi connectivity index (χ2v) is 3.53. The lowest BCUT2D eigenvalue weighted by Crippen LogP contribution is -2.20. The third kappa shape index (κ3) is 4.85. The Kier molecular flexibility index (Phi) is 7.98. The van der Waals surface area contributed by atoms with Gasteiger partial charge in [0.15, 0.2) is 6.29 Å². The van der Waals surface area contributed by atoms with Crippen molar-refractivity contribution in [1.29, 1.82) is 0 Å². The third-order valence-electron chi connectivity index (χ3n) is 2.50. The van der Waals surface area contributed by atoms with Gasteiger partial charge >= 0.3 is 11.9 Å². The summed E-state index contributed by atoms with van der Waals surface area (Å²) in [4.78, 5) is 22.7. The Morgan fingerprint density at radius 3 is 1.89 bits per heavy atom. The average molecular weight is 260 g/mol. The van der Waals surface area contributed by atoms with Gasteiger partial charge in [0.1, 0.15) is 0 Å². The van der Waals surface area contributed by atoms with E-state index in [0.29, 0.717) is 11.1 Å².